The summed E-state index contributed by atoms with van der Waals surface area (Å²) in [4.78, 5) is 2.45. The Morgan fingerprint density at radius 2 is 1.61 bits per heavy atom. The van der Waals surface area contributed by atoms with Gasteiger partial charge in [-0.05, 0) is 77.5 Å². The summed E-state index contributed by atoms with van der Waals surface area (Å²) in [5, 5.41) is 1.04. The Morgan fingerprint density at radius 1 is 0.902 bits per heavy atom. The Balaban J connectivity index is 1.42. The van der Waals surface area contributed by atoms with Gasteiger partial charge >= 0.3 is 0 Å². The molecule has 0 radical (unpaired) electrons. The second kappa shape index (κ2) is 12.3. The van der Waals surface area contributed by atoms with Crippen LogP contribution in [0.4, 0.5) is 5.69 Å². The molecule has 1 aliphatic heterocycles. The van der Waals surface area contributed by atoms with Crippen molar-refractivity contribution in [3.05, 3.63) is 105 Å². The lowest BCUT2D eigenvalue weighted by Crippen LogP contribution is -2.29. The van der Waals surface area contributed by atoms with Crippen LogP contribution in [0.15, 0.2) is 88.6 Å². The van der Waals surface area contributed by atoms with Crippen LogP contribution in [0.5, 0.6) is 0 Å². The molecule has 0 saturated heterocycles. The van der Waals surface area contributed by atoms with Crippen molar-refractivity contribution in [1.82, 2.24) is 0 Å². The number of para-hydroxylation sites is 1. The zero-order valence-electron chi connectivity index (χ0n) is 25.7. The summed E-state index contributed by atoms with van der Waals surface area (Å²) >= 11 is 7.21. The number of halogens is 1. The summed E-state index contributed by atoms with van der Waals surface area (Å²) in [5.74, 6) is 0.345. The van der Waals surface area contributed by atoms with Gasteiger partial charge < -0.3 is 14.4 Å². The van der Waals surface area contributed by atoms with Gasteiger partial charge in [-0.25, -0.2) is 0 Å². The zero-order chi connectivity index (χ0) is 29.2. The van der Waals surface area contributed by atoms with E-state index in [4.69, 9.17) is 21.1 Å². The van der Waals surface area contributed by atoms with Crippen molar-refractivity contribution in [2.75, 3.05) is 38.9 Å². The lowest BCUT2D eigenvalue weighted by Gasteiger charge is -2.29. The number of allylic oxidation sites excluding steroid dienone is 7. The van der Waals surface area contributed by atoms with Gasteiger partial charge in [-0.3, -0.25) is 0 Å². The molecule has 0 amide bonds. The van der Waals surface area contributed by atoms with Crippen LogP contribution < -0.4 is 4.90 Å². The first kappa shape index (κ1) is 29.9. The summed E-state index contributed by atoms with van der Waals surface area (Å²) in [7, 11) is 3.56. The molecule has 2 aromatic carbocycles. The van der Waals surface area contributed by atoms with E-state index in [1.54, 1.807) is 14.2 Å². The van der Waals surface area contributed by atoms with Crippen molar-refractivity contribution in [2.24, 2.45) is 5.92 Å². The molecule has 0 aromatic heterocycles. The number of fused-ring (bicyclic) bond motifs is 2. The number of hydrogen-bond donors (Lipinski definition) is 0. The second-order valence-corrected chi connectivity index (χ2v) is 13.1. The van der Waals surface area contributed by atoms with E-state index in [1.165, 1.54) is 51.2 Å². The lowest BCUT2D eigenvalue weighted by molar-refractivity contribution is 0.206. The first-order valence-corrected chi connectivity index (χ1v) is 15.5. The largest absolute Gasteiger partial charge is 0.384 e. The number of ether oxygens (including phenoxy) is 2. The molecule has 0 saturated carbocycles. The maximum Gasteiger partial charge on any atom is 0.0642 e. The number of anilines is 1. The number of hydrogen-bond acceptors (Lipinski definition) is 3. The van der Waals surface area contributed by atoms with Crippen LogP contribution in [-0.4, -0.2) is 34.0 Å². The molecule has 3 nitrogen and oxygen atoms in total. The fraction of sp³-hybridized carbons (Fsp3) is 0.459. The normalized spacial score (nSPS) is 22.3. The van der Waals surface area contributed by atoms with Crippen LogP contribution in [-0.2, 0) is 20.3 Å². The molecule has 0 N–H and O–H groups in total. The van der Waals surface area contributed by atoms with Crippen molar-refractivity contribution in [2.45, 2.75) is 70.6 Å². The molecule has 0 bridgehead atoms. The summed E-state index contributed by atoms with van der Waals surface area (Å²) in [6.07, 6.45) is 12.3. The van der Waals surface area contributed by atoms with E-state index >= 15 is 0 Å². The van der Waals surface area contributed by atoms with Gasteiger partial charge in [0.25, 0.3) is 0 Å². The van der Waals surface area contributed by atoms with E-state index in [9.17, 15) is 0 Å². The Morgan fingerprint density at radius 3 is 2.37 bits per heavy atom. The molecule has 0 spiro atoms. The van der Waals surface area contributed by atoms with E-state index < -0.39 is 0 Å². The van der Waals surface area contributed by atoms with Gasteiger partial charge in [-0.1, -0.05) is 100.0 Å². The minimum absolute atomic E-state index is 0.0452. The summed E-state index contributed by atoms with van der Waals surface area (Å²) < 4.78 is 11.0. The first-order chi connectivity index (χ1) is 19.7. The van der Waals surface area contributed by atoms with E-state index in [2.05, 4.69) is 99.4 Å². The van der Waals surface area contributed by atoms with Gasteiger partial charge in [0, 0.05) is 48.0 Å². The monoisotopic (exact) mass is 571 g/mol. The SMILES string of the molecule is COCCC1=C(C=CC2=C(Cl)C(CC=C3N(CCOC)c4ccccc4C3(C)C)CCC2)C(C)(C)c2ccccc21. The van der Waals surface area contributed by atoms with Crippen LogP contribution in [0.3, 0.4) is 0 Å². The highest BCUT2D eigenvalue weighted by molar-refractivity contribution is 6.30. The van der Waals surface area contributed by atoms with Gasteiger partial charge in [-0.15, -0.1) is 0 Å². The molecule has 1 unspecified atom stereocenters. The molecular formula is C37H46ClNO2. The summed E-state index contributed by atoms with van der Waals surface area (Å²) in [6.45, 7) is 11.6. The van der Waals surface area contributed by atoms with E-state index in [0.717, 1.165) is 43.9 Å². The lowest BCUT2D eigenvalue weighted by atomic mass is 9.80. The van der Waals surface area contributed by atoms with Crippen molar-refractivity contribution in [3.8, 4) is 0 Å². The molecule has 0 fully saturated rings. The highest BCUT2D eigenvalue weighted by atomic mass is 35.5. The Kier molecular flexibility index (Phi) is 8.99. The molecule has 2 aromatic rings. The van der Waals surface area contributed by atoms with Gasteiger partial charge in [0.15, 0.2) is 0 Å². The van der Waals surface area contributed by atoms with Crippen LogP contribution >= 0.6 is 11.6 Å². The van der Waals surface area contributed by atoms with Crippen molar-refractivity contribution < 1.29 is 9.47 Å². The highest BCUT2D eigenvalue weighted by Gasteiger charge is 2.40. The van der Waals surface area contributed by atoms with E-state index in [1.807, 2.05) is 0 Å². The molecular weight excluding hydrogens is 526 g/mol. The fourth-order valence-electron chi connectivity index (χ4n) is 7.24. The van der Waals surface area contributed by atoms with Crippen LogP contribution in [0.25, 0.3) is 5.57 Å². The molecule has 2 aliphatic carbocycles. The third kappa shape index (κ3) is 5.61. The fourth-order valence-corrected chi connectivity index (χ4v) is 7.60. The Bertz CT molecular complexity index is 1390. The maximum absolute atomic E-state index is 7.21. The van der Waals surface area contributed by atoms with E-state index in [0.29, 0.717) is 12.5 Å². The number of benzene rings is 2. The first-order valence-electron chi connectivity index (χ1n) is 15.2. The minimum Gasteiger partial charge on any atom is -0.384 e. The predicted octanol–water partition coefficient (Wildman–Crippen LogP) is 9.34. The van der Waals surface area contributed by atoms with Gasteiger partial charge in [-0.2, -0.15) is 0 Å². The molecule has 5 rings (SSSR count). The third-order valence-corrected chi connectivity index (χ3v) is 10.1. The molecule has 1 heterocycles. The van der Waals surface area contributed by atoms with Gasteiger partial charge in [0.05, 0.1) is 13.2 Å². The summed E-state index contributed by atoms with van der Waals surface area (Å²) in [5.41, 5.74) is 10.8. The Labute approximate surface area is 252 Å². The van der Waals surface area contributed by atoms with E-state index in [-0.39, 0.29) is 10.8 Å². The maximum atomic E-state index is 7.21. The van der Waals surface area contributed by atoms with Crippen molar-refractivity contribution >= 4 is 22.9 Å². The average Bonchev–Trinajstić information content (AvgIpc) is 3.32. The Hall–Kier alpha value is -2.59. The molecule has 218 valence electrons. The average molecular weight is 572 g/mol. The van der Waals surface area contributed by atoms with Crippen LogP contribution in [0, 0.1) is 5.92 Å². The number of methoxy groups -OCH3 is 2. The van der Waals surface area contributed by atoms with Crippen molar-refractivity contribution in [3.63, 3.8) is 0 Å². The van der Waals surface area contributed by atoms with Crippen molar-refractivity contribution in [1.29, 1.82) is 0 Å². The molecule has 4 heteroatoms. The second-order valence-electron chi connectivity index (χ2n) is 12.7. The highest BCUT2D eigenvalue weighted by Crippen LogP contribution is 2.50. The van der Waals surface area contributed by atoms with Crippen LogP contribution in [0.2, 0.25) is 0 Å². The number of nitrogens with zero attached hydrogens (tertiary/aromatic N) is 1. The topological polar surface area (TPSA) is 21.7 Å². The quantitative estimate of drug-likeness (QED) is 0.283. The van der Waals surface area contributed by atoms with Crippen LogP contribution in [0.1, 0.15) is 76.5 Å². The predicted molar refractivity (Wildman–Crippen MR) is 174 cm³/mol. The minimum atomic E-state index is -0.0495. The van der Waals surface area contributed by atoms with Gasteiger partial charge in [0.1, 0.15) is 0 Å². The number of rotatable bonds is 10. The molecule has 3 aliphatic rings. The molecule has 1 atom stereocenters. The smallest absolute Gasteiger partial charge is 0.0642 e. The third-order valence-electron chi connectivity index (χ3n) is 9.51. The summed E-state index contributed by atoms with van der Waals surface area (Å²) in [6, 6.07) is 17.6. The zero-order valence-corrected chi connectivity index (χ0v) is 26.5. The molecule has 41 heavy (non-hydrogen) atoms. The standard InChI is InChI=1S/C37H46ClNO2/c1-36(2)30-15-8-7-14-28(30)29(22-24-40-5)31(36)20-18-26-12-11-13-27(35(26)38)19-21-34-37(3,4)32-16-9-10-17-33(32)39(34)23-25-41-6/h7-10,14-18,20-21,27H,11-13,19,22-25H2,1-6H3. The van der Waals surface area contributed by atoms with Gasteiger partial charge in [0.2, 0.25) is 0 Å².